The van der Waals surface area contributed by atoms with E-state index in [-0.39, 0.29) is 11.2 Å². The smallest absolute Gasteiger partial charge is 0.230 e. The van der Waals surface area contributed by atoms with Crippen LogP contribution in [0.25, 0.3) is 0 Å². The first-order valence-corrected chi connectivity index (χ1v) is 12.0. The first-order chi connectivity index (χ1) is 13.6. The van der Waals surface area contributed by atoms with Gasteiger partial charge in [-0.15, -0.1) is 11.8 Å². The molecule has 2 aromatic carbocycles. The van der Waals surface area contributed by atoms with E-state index in [1.165, 1.54) is 20.9 Å². The summed E-state index contributed by atoms with van der Waals surface area (Å²) in [5, 5.41) is 4.08. The lowest BCUT2D eigenvalue weighted by atomic mass is 10.0. The second-order valence-corrected chi connectivity index (χ2v) is 9.48. The normalized spacial score (nSPS) is 15.6. The van der Waals surface area contributed by atoms with Crippen LogP contribution >= 0.6 is 35.1 Å². The minimum absolute atomic E-state index is 0.109. The lowest BCUT2D eigenvalue weighted by Crippen LogP contribution is -2.35. The second kappa shape index (κ2) is 10.6. The van der Waals surface area contributed by atoms with E-state index in [1.807, 2.05) is 6.07 Å². The van der Waals surface area contributed by atoms with Crippen LogP contribution in [0.4, 0.5) is 0 Å². The van der Waals surface area contributed by atoms with Gasteiger partial charge in [0.25, 0.3) is 0 Å². The number of amides is 1. The molecule has 1 N–H and O–H groups in total. The van der Waals surface area contributed by atoms with Crippen molar-refractivity contribution in [3.05, 3.63) is 58.6 Å². The average molecular weight is 435 g/mol. The maximum atomic E-state index is 12.4. The van der Waals surface area contributed by atoms with E-state index in [4.69, 9.17) is 11.6 Å². The average Bonchev–Trinajstić information content (AvgIpc) is 2.86. The molecule has 0 radical (unpaired) electrons. The highest BCUT2D eigenvalue weighted by Gasteiger charge is 2.23. The molecular weight excluding hydrogens is 408 g/mol. The zero-order valence-corrected chi connectivity index (χ0v) is 18.8. The standard InChI is InChI=1S/C22H27ClN2OS2/c1-3-25(4-2)12-11-24-22(26)15-27-21-14-16-13-17(23)9-10-19(16)28-20-8-6-5-7-18(20)21/h5-10,13,21H,3-4,11-12,14-15H2,1-2H3,(H,24,26)/t21-/m1/s1. The van der Waals surface area contributed by atoms with Gasteiger partial charge in [-0.1, -0.05) is 55.4 Å². The number of nitrogens with one attached hydrogen (secondary N) is 1. The molecule has 0 aromatic heterocycles. The fraction of sp³-hybridized carbons (Fsp3) is 0.409. The third kappa shape index (κ3) is 5.69. The van der Waals surface area contributed by atoms with E-state index in [0.29, 0.717) is 12.3 Å². The fourth-order valence-electron chi connectivity index (χ4n) is 3.34. The Morgan fingerprint density at radius 1 is 1.21 bits per heavy atom. The van der Waals surface area contributed by atoms with Gasteiger partial charge in [0.2, 0.25) is 5.91 Å². The molecule has 0 aliphatic carbocycles. The van der Waals surface area contributed by atoms with Gasteiger partial charge in [0, 0.05) is 33.2 Å². The number of thioether (sulfide) groups is 1. The van der Waals surface area contributed by atoms with Gasteiger partial charge in [0.1, 0.15) is 0 Å². The van der Waals surface area contributed by atoms with Crippen molar-refractivity contribution >= 4 is 41.0 Å². The maximum absolute atomic E-state index is 12.4. The Kier molecular flexibility index (Phi) is 8.15. The van der Waals surface area contributed by atoms with Gasteiger partial charge in [-0.25, -0.2) is 0 Å². The number of likely N-dealkylation sites (N-methyl/N-ethyl adjacent to an activating group) is 1. The van der Waals surface area contributed by atoms with Crippen LogP contribution in [0.15, 0.2) is 52.3 Å². The second-order valence-electron chi connectivity index (χ2n) is 6.77. The summed E-state index contributed by atoms with van der Waals surface area (Å²) in [4.78, 5) is 17.2. The summed E-state index contributed by atoms with van der Waals surface area (Å²) in [5.41, 5.74) is 2.56. The van der Waals surface area contributed by atoms with E-state index in [2.05, 4.69) is 60.5 Å². The third-order valence-corrected chi connectivity index (χ3v) is 7.67. The highest BCUT2D eigenvalue weighted by Crippen LogP contribution is 2.46. The van der Waals surface area contributed by atoms with Gasteiger partial charge in [-0.05, 0) is 54.9 Å². The molecule has 3 rings (SSSR count). The summed E-state index contributed by atoms with van der Waals surface area (Å²) in [7, 11) is 0. The van der Waals surface area contributed by atoms with E-state index in [0.717, 1.165) is 31.1 Å². The summed E-state index contributed by atoms with van der Waals surface area (Å²) in [6.45, 7) is 7.92. The van der Waals surface area contributed by atoms with Crippen molar-refractivity contribution < 1.29 is 4.79 Å². The van der Waals surface area contributed by atoms with Gasteiger partial charge >= 0.3 is 0 Å². The Hall–Kier alpha value is -1.14. The zero-order valence-electron chi connectivity index (χ0n) is 16.4. The molecule has 0 saturated heterocycles. The Balaban J connectivity index is 1.64. The number of benzene rings is 2. The van der Waals surface area contributed by atoms with Crippen molar-refractivity contribution in [2.45, 2.75) is 35.3 Å². The third-order valence-electron chi connectivity index (χ3n) is 4.97. The summed E-state index contributed by atoms with van der Waals surface area (Å²) in [6.07, 6.45) is 0.886. The molecule has 150 valence electrons. The van der Waals surface area contributed by atoms with Crippen LogP contribution in [0.1, 0.15) is 30.2 Å². The summed E-state index contributed by atoms with van der Waals surface area (Å²) in [6, 6.07) is 14.6. The van der Waals surface area contributed by atoms with Crippen LogP contribution in [-0.4, -0.2) is 42.7 Å². The Morgan fingerprint density at radius 2 is 2.00 bits per heavy atom. The number of halogens is 1. The van der Waals surface area contributed by atoms with Crippen molar-refractivity contribution in [2.24, 2.45) is 0 Å². The van der Waals surface area contributed by atoms with Crippen molar-refractivity contribution in [3.63, 3.8) is 0 Å². The van der Waals surface area contributed by atoms with Gasteiger partial charge in [0.05, 0.1) is 5.75 Å². The number of fused-ring (bicyclic) bond motifs is 2. The highest BCUT2D eigenvalue weighted by molar-refractivity contribution is 8.01. The largest absolute Gasteiger partial charge is 0.354 e. The number of rotatable bonds is 8. The quantitative estimate of drug-likeness (QED) is 0.612. The number of carbonyl (C=O) groups is 1. The first-order valence-electron chi connectivity index (χ1n) is 9.76. The van der Waals surface area contributed by atoms with E-state index in [1.54, 1.807) is 23.5 Å². The number of carbonyl (C=O) groups excluding carboxylic acids is 1. The van der Waals surface area contributed by atoms with E-state index in [9.17, 15) is 4.79 Å². The molecule has 1 aliphatic heterocycles. The molecule has 1 heterocycles. The molecule has 1 amide bonds. The predicted molar refractivity (Wildman–Crippen MR) is 122 cm³/mol. The van der Waals surface area contributed by atoms with Crippen molar-refractivity contribution in [3.8, 4) is 0 Å². The molecule has 2 aromatic rings. The summed E-state index contributed by atoms with van der Waals surface area (Å²) < 4.78 is 0. The molecule has 0 unspecified atom stereocenters. The van der Waals surface area contributed by atoms with Crippen molar-refractivity contribution in [1.82, 2.24) is 10.2 Å². The number of nitrogens with zero attached hydrogens (tertiary/aromatic N) is 1. The first kappa shape index (κ1) is 21.6. The molecule has 1 aliphatic rings. The number of hydrogen-bond donors (Lipinski definition) is 1. The predicted octanol–water partition coefficient (Wildman–Crippen LogP) is 5.28. The fourth-order valence-corrected chi connectivity index (χ4v) is 5.87. The molecule has 1 atom stereocenters. The summed E-state index contributed by atoms with van der Waals surface area (Å²) in [5.74, 6) is 0.579. The maximum Gasteiger partial charge on any atom is 0.230 e. The lowest BCUT2D eigenvalue weighted by molar-refractivity contribution is -0.118. The number of hydrogen-bond acceptors (Lipinski definition) is 4. The van der Waals surface area contributed by atoms with Crippen LogP contribution in [0.2, 0.25) is 5.02 Å². The SMILES string of the molecule is CCN(CC)CCNC(=O)CS[C@@H]1Cc2cc(Cl)ccc2Sc2ccccc21. The molecule has 6 heteroatoms. The molecular formula is C22H27ClN2OS2. The minimum Gasteiger partial charge on any atom is -0.354 e. The van der Waals surface area contributed by atoms with Gasteiger partial charge in [0.15, 0.2) is 0 Å². The summed E-state index contributed by atoms with van der Waals surface area (Å²) >= 11 is 9.75. The van der Waals surface area contributed by atoms with E-state index < -0.39 is 0 Å². The lowest BCUT2D eigenvalue weighted by Gasteiger charge is -2.19. The Bertz CT molecular complexity index is 811. The highest BCUT2D eigenvalue weighted by atomic mass is 35.5. The Labute approximate surface area is 181 Å². The van der Waals surface area contributed by atoms with Crippen molar-refractivity contribution in [2.75, 3.05) is 31.9 Å². The van der Waals surface area contributed by atoms with Crippen LogP contribution in [0.3, 0.4) is 0 Å². The minimum atomic E-state index is 0.109. The topological polar surface area (TPSA) is 32.3 Å². The molecule has 0 spiro atoms. The zero-order chi connectivity index (χ0) is 19.9. The van der Waals surface area contributed by atoms with Gasteiger partial charge < -0.3 is 10.2 Å². The van der Waals surface area contributed by atoms with Crippen LogP contribution in [0.5, 0.6) is 0 Å². The van der Waals surface area contributed by atoms with Crippen LogP contribution in [-0.2, 0) is 11.2 Å². The van der Waals surface area contributed by atoms with Gasteiger partial charge in [-0.3, -0.25) is 4.79 Å². The van der Waals surface area contributed by atoms with Gasteiger partial charge in [-0.2, -0.15) is 0 Å². The molecule has 3 nitrogen and oxygen atoms in total. The Morgan fingerprint density at radius 3 is 2.79 bits per heavy atom. The van der Waals surface area contributed by atoms with E-state index >= 15 is 0 Å². The monoisotopic (exact) mass is 434 g/mol. The molecule has 0 bridgehead atoms. The van der Waals surface area contributed by atoms with Crippen molar-refractivity contribution in [1.29, 1.82) is 0 Å². The van der Waals surface area contributed by atoms with Crippen LogP contribution < -0.4 is 5.32 Å². The molecule has 0 saturated carbocycles. The molecule has 28 heavy (non-hydrogen) atoms. The van der Waals surface area contributed by atoms with Crippen LogP contribution in [0, 0.1) is 0 Å². The molecule has 0 fully saturated rings.